The summed E-state index contributed by atoms with van der Waals surface area (Å²) in [6.45, 7) is 8.01. The third-order valence-corrected chi connectivity index (χ3v) is 5.34. The zero-order chi connectivity index (χ0) is 13.7. The molecule has 2 heteroatoms. The highest BCUT2D eigenvalue weighted by Gasteiger charge is 2.27. The Morgan fingerprint density at radius 3 is 2.95 bits per heavy atom. The lowest BCUT2D eigenvalue weighted by Gasteiger charge is -2.31. The lowest BCUT2D eigenvalue weighted by molar-refractivity contribution is 0.362. The van der Waals surface area contributed by atoms with E-state index in [4.69, 9.17) is 0 Å². The SMILES string of the molecule is CCNC(CCCC(C)C)C1CCCc2sccc21. The van der Waals surface area contributed by atoms with E-state index in [-0.39, 0.29) is 0 Å². The van der Waals surface area contributed by atoms with Gasteiger partial charge in [0.2, 0.25) is 0 Å². The number of hydrogen-bond donors (Lipinski definition) is 1. The van der Waals surface area contributed by atoms with Gasteiger partial charge in [0.15, 0.2) is 0 Å². The van der Waals surface area contributed by atoms with Crippen molar-refractivity contribution in [3.05, 3.63) is 21.9 Å². The summed E-state index contributed by atoms with van der Waals surface area (Å²) >= 11 is 1.97. The van der Waals surface area contributed by atoms with Crippen LogP contribution in [0.3, 0.4) is 0 Å². The van der Waals surface area contributed by atoms with Gasteiger partial charge in [0.1, 0.15) is 0 Å². The highest BCUT2D eigenvalue weighted by molar-refractivity contribution is 7.10. The Morgan fingerprint density at radius 2 is 2.21 bits per heavy atom. The number of aryl methyl sites for hydroxylation is 1. The monoisotopic (exact) mass is 279 g/mol. The van der Waals surface area contributed by atoms with Gasteiger partial charge in [-0.2, -0.15) is 0 Å². The molecule has 0 aliphatic heterocycles. The molecule has 1 heterocycles. The second-order valence-electron chi connectivity index (χ2n) is 6.29. The predicted molar refractivity (Wildman–Crippen MR) is 86.2 cm³/mol. The quantitative estimate of drug-likeness (QED) is 0.743. The van der Waals surface area contributed by atoms with E-state index >= 15 is 0 Å². The van der Waals surface area contributed by atoms with Crippen LogP contribution in [0.4, 0.5) is 0 Å². The maximum Gasteiger partial charge on any atom is 0.0136 e. The van der Waals surface area contributed by atoms with Crippen LogP contribution in [-0.2, 0) is 6.42 Å². The minimum Gasteiger partial charge on any atom is -0.314 e. The van der Waals surface area contributed by atoms with Gasteiger partial charge in [0, 0.05) is 16.8 Å². The largest absolute Gasteiger partial charge is 0.314 e. The molecule has 108 valence electrons. The molecule has 0 aromatic carbocycles. The van der Waals surface area contributed by atoms with E-state index in [0.717, 1.165) is 18.4 Å². The molecule has 0 amide bonds. The van der Waals surface area contributed by atoms with Crippen LogP contribution in [0.2, 0.25) is 0 Å². The summed E-state index contributed by atoms with van der Waals surface area (Å²) in [4.78, 5) is 1.66. The second-order valence-corrected chi connectivity index (χ2v) is 7.29. The average Bonchev–Trinajstić information content (AvgIpc) is 2.85. The minimum atomic E-state index is 0.692. The van der Waals surface area contributed by atoms with Gasteiger partial charge in [0.05, 0.1) is 0 Å². The Balaban J connectivity index is 1.99. The zero-order valence-electron chi connectivity index (χ0n) is 12.7. The smallest absolute Gasteiger partial charge is 0.0136 e. The van der Waals surface area contributed by atoms with Gasteiger partial charge in [-0.1, -0.05) is 33.6 Å². The molecule has 1 aromatic rings. The third kappa shape index (κ3) is 4.06. The van der Waals surface area contributed by atoms with E-state index < -0.39 is 0 Å². The Bertz CT molecular complexity index is 369. The summed E-state index contributed by atoms with van der Waals surface area (Å²) in [6, 6.07) is 3.08. The van der Waals surface area contributed by atoms with Crippen LogP contribution in [0.25, 0.3) is 0 Å². The van der Waals surface area contributed by atoms with E-state index in [2.05, 4.69) is 37.5 Å². The van der Waals surface area contributed by atoms with Crippen LogP contribution in [0.1, 0.15) is 69.2 Å². The van der Waals surface area contributed by atoms with Gasteiger partial charge in [-0.05, 0) is 55.2 Å². The maximum absolute atomic E-state index is 3.76. The van der Waals surface area contributed by atoms with Crippen molar-refractivity contribution in [2.45, 2.75) is 71.3 Å². The lowest BCUT2D eigenvalue weighted by Crippen LogP contribution is -2.36. The van der Waals surface area contributed by atoms with Gasteiger partial charge in [0.25, 0.3) is 0 Å². The Kier molecular flexibility index (Phi) is 5.90. The number of thiophene rings is 1. The molecule has 1 aliphatic carbocycles. The van der Waals surface area contributed by atoms with Crippen LogP contribution in [0, 0.1) is 5.92 Å². The molecule has 19 heavy (non-hydrogen) atoms. The molecule has 1 aliphatic rings. The fourth-order valence-electron chi connectivity index (χ4n) is 3.39. The standard InChI is InChI=1S/C17H29NS/c1-4-18-16(9-5-7-13(2)3)14-8-6-10-17-15(14)11-12-19-17/h11-14,16,18H,4-10H2,1-3H3. The molecule has 1 aromatic heterocycles. The Labute approximate surface area is 122 Å². The van der Waals surface area contributed by atoms with Crippen molar-refractivity contribution in [3.8, 4) is 0 Å². The summed E-state index contributed by atoms with van der Waals surface area (Å²) in [6.07, 6.45) is 8.14. The molecule has 0 radical (unpaired) electrons. The maximum atomic E-state index is 3.76. The van der Waals surface area contributed by atoms with E-state index in [9.17, 15) is 0 Å². The van der Waals surface area contributed by atoms with Gasteiger partial charge in [-0.3, -0.25) is 0 Å². The van der Waals surface area contributed by atoms with E-state index in [1.807, 2.05) is 11.3 Å². The highest BCUT2D eigenvalue weighted by Crippen LogP contribution is 2.38. The number of hydrogen-bond acceptors (Lipinski definition) is 2. The molecule has 0 saturated heterocycles. The van der Waals surface area contributed by atoms with Crippen LogP contribution in [0.15, 0.2) is 11.4 Å². The Morgan fingerprint density at radius 1 is 1.37 bits per heavy atom. The normalized spacial score (nSPS) is 20.5. The van der Waals surface area contributed by atoms with Crippen molar-refractivity contribution in [1.82, 2.24) is 5.32 Å². The minimum absolute atomic E-state index is 0.692. The Hall–Kier alpha value is -0.340. The van der Waals surface area contributed by atoms with E-state index in [0.29, 0.717) is 6.04 Å². The third-order valence-electron chi connectivity index (χ3n) is 4.35. The number of likely N-dealkylation sites (N-methyl/N-ethyl adjacent to an activating group) is 1. The van der Waals surface area contributed by atoms with Gasteiger partial charge < -0.3 is 5.32 Å². The summed E-state index contributed by atoms with van der Waals surface area (Å²) < 4.78 is 0. The molecule has 2 atom stereocenters. The first kappa shape index (κ1) is 15.1. The van der Waals surface area contributed by atoms with Gasteiger partial charge in [-0.15, -0.1) is 11.3 Å². The van der Waals surface area contributed by atoms with Crippen LogP contribution >= 0.6 is 11.3 Å². The van der Waals surface area contributed by atoms with E-state index in [1.54, 1.807) is 10.4 Å². The molecule has 0 spiro atoms. The fraction of sp³-hybridized carbons (Fsp3) is 0.765. The first-order valence-corrected chi connectivity index (χ1v) is 8.90. The van der Waals surface area contributed by atoms with Crippen LogP contribution in [0.5, 0.6) is 0 Å². The second kappa shape index (κ2) is 7.44. The first-order valence-electron chi connectivity index (χ1n) is 8.02. The molecule has 2 unspecified atom stereocenters. The molecular formula is C17H29NS. The van der Waals surface area contributed by atoms with Crippen LogP contribution < -0.4 is 5.32 Å². The van der Waals surface area contributed by atoms with E-state index in [1.165, 1.54) is 38.5 Å². The fourth-order valence-corrected chi connectivity index (χ4v) is 4.39. The highest BCUT2D eigenvalue weighted by atomic mass is 32.1. The number of nitrogens with one attached hydrogen (secondary N) is 1. The van der Waals surface area contributed by atoms with Crippen molar-refractivity contribution in [1.29, 1.82) is 0 Å². The predicted octanol–water partition coefficient (Wildman–Crippen LogP) is 4.97. The van der Waals surface area contributed by atoms with Crippen LogP contribution in [-0.4, -0.2) is 12.6 Å². The van der Waals surface area contributed by atoms with Crippen molar-refractivity contribution >= 4 is 11.3 Å². The molecular weight excluding hydrogens is 250 g/mol. The summed E-state index contributed by atoms with van der Waals surface area (Å²) in [5.74, 6) is 1.60. The first-order chi connectivity index (χ1) is 9.22. The van der Waals surface area contributed by atoms with Crippen molar-refractivity contribution in [3.63, 3.8) is 0 Å². The molecule has 2 rings (SSSR count). The zero-order valence-corrected chi connectivity index (χ0v) is 13.6. The molecule has 1 N–H and O–H groups in total. The molecule has 1 nitrogen and oxygen atoms in total. The number of rotatable bonds is 7. The van der Waals surface area contributed by atoms with Crippen molar-refractivity contribution < 1.29 is 0 Å². The van der Waals surface area contributed by atoms with Gasteiger partial charge >= 0.3 is 0 Å². The summed E-state index contributed by atoms with van der Waals surface area (Å²) in [7, 11) is 0. The molecule has 0 fully saturated rings. The lowest BCUT2D eigenvalue weighted by atomic mass is 9.80. The molecule has 0 saturated carbocycles. The van der Waals surface area contributed by atoms with Crippen molar-refractivity contribution in [2.24, 2.45) is 5.92 Å². The van der Waals surface area contributed by atoms with Gasteiger partial charge in [-0.25, -0.2) is 0 Å². The molecule has 0 bridgehead atoms. The number of fused-ring (bicyclic) bond motifs is 1. The topological polar surface area (TPSA) is 12.0 Å². The summed E-state index contributed by atoms with van der Waals surface area (Å²) in [5, 5.41) is 6.05. The average molecular weight is 279 g/mol. The summed E-state index contributed by atoms with van der Waals surface area (Å²) in [5.41, 5.74) is 1.66. The van der Waals surface area contributed by atoms with Crippen molar-refractivity contribution in [2.75, 3.05) is 6.54 Å².